The van der Waals surface area contributed by atoms with Crippen LogP contribution in [0, 0.1) is 0 Å². The van der Waals surface area contributed by atoms with E-state index in [9.17, 15) is 4.79 Å². The van der Waals surface area contributed by atoms with Crippen molar-refractivity contribution in [2.75, 3.05) is 19.6 Å². The van der Waals surface area contributed by atoms with E-state index in [0.29, 0.717) is 25.6 Å². The van der Waals surface area contributed by atoms with Crippen molar-refractivity contribution in [2.24, 2.45) is 0 Å². The summed E-state index contributed by atoms with van der Waals surface area (Å²) in [6.07, 6.45) is 0.656. The zero-order valence-corrected chi connectivity index (χ0v) is 9.61. The van der Waals surface area contributed by atoms with E-state index in [0.717, 1.165) is 6.54 Å². The van der Waals surface area contributed by atoms with E-state index in [1.54, 1.807) is 4.90 Å². The molecule has 13 heavy (non-hydrogen) atoms. The van der Waals surface area contributed by atoms with E-state index < -0.39 is 6.94 Å². The zero-order chi connectivity index (χ0) is 9.90. The first-order chi connectivity index (χ1) is 5.99. The Labute approximate surface area is 87.3 Å². The average molecular weight is 243 g/mol. The molecule has 0 radical (unpaired) electrons. The lowest BCUT2D eigenvalue weighted by atomic mass is 10.4. The molecular formula is C6H12Cl2N2O2Si. The van der Waals surface area contributed by atoms with Crippen LogP contribution in [0.2, 0.25) is 6.04 Å². The molecule has 1 rings (SSSR count). The van der Waals surface area contributed by atoms with Crippen molar-refractivity contribution in [2.45, 2.75) is 12.5 Å². The number of nitrogens with zero attached hydrogens (tertiary/aromatic N) is 1. The highest BCUT2D eigenvalue weighted by molar-refractivity contribution is 7.41. The molecule has 0 bridgehead atoms. The second kappa shape index (κ2) is 4.50. The van der Waals surface area contributed by atoms with Crippen molar-refractivity contribution in [1.29, 1.82) is 0 Å². The van der Waals surface area contributed by atoms with Crippen LogP contribution < -0.4 is 5.32 Å². The number of rotatable bonds is 4. The number of carbonyl (C=O) groups excluding carboxylic acids is 1. The van der Waals surface area contributed by atoms with Crippen LogP contribution in [0.4, 0.5) is 4.79 Å². The number of nitrogens with one attached hydrogen (secondary N) is 1. The first-order valence-electron chi connectivity index (χ1n) is 4.12. The molecule has 4 nitrogen and oxygen atoms in total. The maximum atomic E-state index is 11.0. The van der Waals surface area contributed by atoms with Crippen molar-refractivity contribution < 1.29 is 9.59 Å². The molecule has 0 saturated carbocycles. The Balaban J connectivity index is 2.16. The first kappa shape index (κ1) is 11.1. The van der Waals surface area contributed by atoms with Gasteiger partial charge in [-0.05, 0) is 12.5 Å². The van der Waals surface area contributed by atoms with Crippen LogP contribution in [0.15, 0.2) is 0 Å². The second-order valence-corrected chi connectivity index (χ2v) is 9.15. The monoisotopic (exact) mass is 242 g/mol. The van der Waals surface area contributed by atoms with Gasteiger partial charge in [0.1, 0.15) is 0 Å². The van der Waals surface area contributed by atoms with E-state index in [2.05, 4.69) is 5.32 Å². The summed E-state index contributed by atoms with van der Waals surface area (Å²) in [6, 6.07) is 0.356. The van der Waals surface area contributed by atoms with E-state index in [1.807, 2.05) is 0 Å². The van der Waals surface area contributed by atoms with Gasteiger partial charge in [0.15, 0.2) is 0 Å². The van der Waals surface area contributed by atoms with E-state index in [1.165, 1.54) is 0 Å². The summed E-state index contributed by atoms with van der Waals surface area (Å²) in [5.41, 5.74) is 0. The van der Waals surface area contributed by atoms with Crippen LogP contribution in [0.5, 0.6) is 0 Å². The quantitative estimate of drug-likeness (QED) is 0.567. The van der Waals surface area contributed by atoms with Gasteiger partial charge in [0, 0.05) is 19.6 Å². The van der Waals surface area contributed by atoms with Gasteiger partial charge in [-0.1, -0.05) is 0 Å². The van der Waals surface area contributed by atoms with Gasteiger partial charge in [-0.3, -0.25) is 0 Å². The third kappa shape index (κ3) is 4.17. The lowest BCUT2D eigenvalue weighted by Crippen LogP contribution is -2.30. The average Bonchev–Trinajstić information content (AvgIpc) is 2.34. The van der Waals surface area contributed by atoms with Crippen LogP contribution in [0.3, 0.4) is 0 Å². The van der Waals surface area contributed by atoms with Gasteiger partial charge in [-0.2, -0.15) is 0 Å². The SMILES string of the molecule is O=C1NCCN1CCC[Si](O)(Cl)Cl. The van der Waals surface area contributed by atoms with Crippen LogP contribution in [0.1, 0.15) is 6.42 Å². The molecule has 0 atom stereocenters. The Bertz CT molecular complexity index is 198. The fraction of sp³-hybridized carbons (Fsp3) is 0.833. The summed E-state index contributed by atoms with van der Waals surface area (Å²) in [5, 5.41) is 2.69. The number of hydrogen-bond donors (Lipinski definition) is 2. The molecule has 0 spiro atoms. The normalized spacial score (nSPS) is 17.8. The van der Waals surface area contributed by atoms with Gasteiger partial charge in [-0.15, -0.1) is 22.2 Å². The molecule has 0 unspecified atom stereocenters. The predicted molar refractivity (Wildman–Crippen MR) is 54.1 cm³/mol. The van der Waals surface area contributed by atoms with Crippen molar-refractivity contribution in [3.8, 4) is 0 Å². The van der Waals surface area contributed by atoms with Gasteiger partial charge >= 0.3 is 13.0 Å². The molecule has 1 heterocycles. The summed E-state index contributed by atoms with van der Waals surface area (Å²) in [7, 11) is 0. The minimum Gasteiger partial charge on any atom is -0.409 e. The van der Waals surface area contributed by atoms with E-state index in [-0.39, 0.29) is 6.03 Å². The zero-order valence-electron chi connectivity index (χ0n) is 7.09. The number of hydrogen-bond acceptors (Lipinski definition) is 2. The maximum Gasteiger partial charge on any atom is 0.386 e. The third-order valence-electron chi connectivity index (χ3n) is 1.85. The summed E-state index contributed by atoms with van der Waals surface area (Å²) in [4.78, 5) is 21.8. The van der Waals surface area contributed by atoms with Crippen LogP contribution >= 0.6 is 22.2 Å². The van der Waals surface area contributed by atoms with Crippen LogP contribution in [-0.4, -0.2) is 42.3 Å². The van der Waals surface area contributed by atoms with Crippen molar-refractivity contribution >= 4 is 35.1 Å². The Kier molecular flexibility index (Phi) is 3.84. The van der Waals surface area contributed by atoms with Crippen molar-refractivity contribution in [3.63, 3.8) is 0 Å². The summed E-state index contributed by atoms with van der Waals surface area (Å²) >= 11 is 11.0. The molecule has 0 aromatic rings. The van der Waals surface area contributed by atoms with Crippen LogP contribution in [0.25, 0.3) is 0 Å². The lowest BCUT2D eigenvalue weighted by Gasteiger charge is -2.14. The van der Waals surface area contributed by atoms with Gasteiger partial charge in [-0.25, -0.2) is 4.79 Å². The largest absolute Gasteiger partial charge is 0.409 e. The van der Waals surface area contributed by atoms with E-state index >= 15 is 0 Å². The fourth-order valence-corrected chi connectivity index (χ4v) is 2.59. The number of urea groups is 1. The highest BCUT2D eigenvalue weighted by atomic mass is 35.7. The molecule has 1 aliphatic rings. The molecule has 2 amide bonds. The molecule has 7 heteroatoms. The smallest absolute Gasteiger partial charge is 0.386 e. The molecule has 1 saturated heterocycles. The van der Waals surface area contributed by atoms with Gasteiger partial charge < -0.3 is 15.0 Å². The maximum absolute atomic E-state index is 11.0. The Morgan fingerprint density at radius 2 is 2.31 bits per heavy atom. The van der Waals surface area contributed by atoms with Gasteiger partial charge in [0.2, 0.25) is 0 Å². The van der Waals surface area contributed by atoms with Crippen molar-refractivity contribution in [3.05, 3.63) is 0 Å². The fourth-order valence-electron chi connectivity index (χ4n) is 1.21. The highest BCUT2D eigenvalue weighted by Crippen LogP contribution is 2.18. The van der Waals surface area contributed by atoms with Gasteiger partial charge in [0.05, 0.1) is 0 Å². The molecule has 0 aliphatic carbocycles. The summed E-state index contributed by atoms with van der Waals surface area (Å²) in [5.74, 6) is 0. The van der Waals surface area contributed by atoms with Gasteiger partial charge in [0.25, 0.3) is 0 Å². The molecule has 2 N–H and O–H groups in total. The minimum absolute atomic E-state index is 0.0469. The number of amides is 2. The number of carbonyl (C=O) groups is 1. The first-order valence-corrected chi connectivity index (χ1v) is 8.30. The molecular weight excluding hydrogens is 231 g/mol. The summed E-state index contributed by atoms with van der Waals surface area (Å²) in [6.45, 7) is -0.931. The van der Waals surface area contributed by atoms with E-state index in [4.69, 9.17) is 27.0 Å². The lowest BCUT2D eigenvalue weighted by molar-refractivity contribution is 0.217. The van der Waals surface area contributed by atoms with Crippen molar-refractivity contribution in [1.82, 2.24) is 10.2 Å². The third-order valence-corrected chi connectivity index (χ3v) is 3.94. The standard InChI is InChI=1S/C6H12Cl2N2O2Si/c7-13(8,12)5-1-3-10-4-2-9-6(10)11/h12H,1-5H2,(H,9,11). The second-order valence-electron chi connectivity index (χ2n) is 2.99. The highest BCUT2D eigenvalue weighted by Gasteiger charge is 2.26. The molecule has 1 fully saturated rings. The molecule has 76 valence electrons. The predicted octanol–water partition coefficient (Wildman–Crippen LogP) is 0.810. The van der Waals surface area contributed by atoms with Crippen LogP contribution in [-0.2, 0) is 0 Å². The molecule has 1 aliphatic heterocycles. The Morgan fingerprint density at radius 1 is 1.62 bits per heavy atom. The molecule has 0 aromatic heterocycles. The Morgan fingerprint density at radius 3 is 2.77 bits per heavy atom. The molecule has 0 aromatic carbocycles. The summed E-state index contributed by atoms with van der Waals surface area (Å²) < 4.78 is 0. The Hall–Kier alpha value is 0.0269. The minimum atomic E-state index is -2.97. The number of halogens is 2. The topological polar surface area (TPSA) is 52.6 Å².